The van der Waals surface area contributed by atoms with E-state index < -0.39 is 5.97 Å². The quantitative estimate of drug-likeness (QED) is 0.857. The Labute approximate surface area is 92.7 Å². The number of carbonyl (C=O) groups is 1. The molecule has 1 aromatic heterocycles. The van der Waals surface area contributed by atoms with Crippen molar-refractivity contribution in [2.75, 3.05) is 7.11 Å². The normalized spacial score (nSPS) is 10.1. The van der Waals surface area contributed by atoms with E-state index in [4.69, 9.17) is 9.84 Å². The molecule has 0 saturated heterocycles. The van der Waals surface area contributed by atoms with Gasteiger partial charge >= 0.3 is 5.97 Å². The molecule has 0 spiro atoms. The Morgan fingerprint density at radius 1 is 1.31 bits per heavy atom. The van der Waals surface area contributed by atoms with Crippen LogP contribution in [0.4, 0.5) is 0 Å². The third-order valence-electron chi connectivity index (χ3n) is 2.31. The van der Waals surface area contributed by atoms with Gasteiger partial charge in [-0.1, -0.05) is 0 Å². The number of nitrogens with zero attached hydrogens (tertiary/aromatic N) is 1. The highest BCUT2D eigenvalue weighted by Crippen LogP contribution is 2.24. The number of rotatable bonds is 3. The molecule has 1 aromatic carbocycles. The molecule has 1 N–H and O–H groups in total. The van der Waals surface area contributed by atoms with Crippen LogP contribution in [0.1, 0.15) is 10.4 Å². The number of aromatic nitrogens is 1. The molecule has 82 valence electrons. The Kier molecular flexibility index (Phi) is 2.64. The van der Waals surface area contributed by atoms with Crippen molar-refractivity contribution in [1.29, 1.82) is 0 Å². The fourth-order valence-electron chi connectivity index (χ4n) is 1.52. The number of aromatic carboxylic acids is 1. The predicted molar refractivity (Wildman–Crippen MR) is 59.3 cm³/mol. The molecule has 0 aliphatic heterocycles. The van der Waals surface area contributed by atoms with Crippen LogP contribution in [-0.4, -0.2) is 22.8 Å². The topological polar surface area (TPSA) is 51.5 Å². The van der Waals surface area contributed by atoms with Gasteiger partial charge in [0.05, 0.1) is 18.4 Å². The largest absolute Gasteiger partial charge is 0.495 e. The minimum Gasteiger partial charge on any atom is -0.495 e. The van der Waals surface area contributed by atoms with Crippen LogP contribution in [0.25, 0.3) is 5.69 Å². The molecule has 16 heavy (non-hydrogen) atoms. The lowest BCUT2D eigenvalue weighted by atomic mass is 10.2. The van der Waals surface area contributed by atoms with Gasteiger partial charge in [0.15, 0.2) is 0 Å². The van der Waals surface area contributed by atoms with Gasteiger partial charge in [-0.15, -0.1) is 0 Å². The summed E-state index contributed by atoms with van der Waals surface area (Å²) in [6.07, 6.45) is 3.75. The third-order valence-corrected chi connectivity index (χ3v) is 2.31. The van der Waals surface area contributed by atoms with Crippen LogP contribution in [0.5, 0.6) is 5.75 Å². The minimum absolute atomic E-state index is 0.216. The van der Waals surface area contributed by atoms with Crippen molar-refractivity contribution in [2.45, 2.75) is 0 Å². The summed E-state index contributed by atoms with van der Waals surface area (Å²) < 4.78 is 7.04. The Morgan fingerprint density at radius 2 is 2.00 bits per heavy atom. The monoisotopic (exact) mass is 217 g/mol. The van der Waals surface area contributed by atoms with Gasteiger partial charge in [0, 0.05) is 12.4 Å². The summed E-state index contributed by atoms with van der Waals surface area (Å²) in [6.45, 7) is 0. The summed E-state index contributed by atoms with van der Waals surface area (Å²) in [5.74, 6) is -0.423. The zero-order chi connectivity index (χ0) is 11.5. The van der Waals surface area contributed by atoms with Gasteiger partial charge in [-0.25, -0.2) is 4.79 Å². The highest BCUT2D eigenvalue weighted by Gasteiger charge is 2.09. The summed E-state index contributed by atoms with van der Waals surface area (Å²) in [5, 5.41) is 8.86. The Morgan fingerprint density at radius 3 is 2.56 bits per heavy atom. The first-order valence-corrected chi connectivity index (χ1v) is 4.77. The number of hydrogen-bond donors (Lipinski definition) is 1. The molecule has 0 amide bonds. The number of methoxy groups -OCH3 is 1. The Bertz CT molecular complexity index is 503. The van der Waals surface area contributed by atoms with Crippen LogP contribution < -0.4 is 4.74 Å². The standard InChI is InChI=1S/C12H11NO3/c1-16-11-8-9(12(14)15)4-5-10(11)13-6-2-3-7-13/h2-8H,1H3,(H,14,15). The second-order valence-electron chi connectivity index (χ2n) is 3.28. The van der Waals surface area contributed by atoms with Crippen molar-refractivity contribution in [1.82, 2.24) is 4.57 Å². The lowest BCUT2D eigenvalue weighted by Gasteiger charge is -2.10. The number of benzene rings is 1. The first-order valence-electron chi connectivity index (χ1n) is 4.77. The second-order valence-corrected chi connectivity index (χ2v) is 3.28. The van der Waals surface area contributed by atoms with Crippen LogP contribution in [-0.2, 0) is 0 Å². The molecule has 2 aromatic rings. The Hall–Kier alpha value is -2.23. The average molecular weight is 217 g/mol. The molecule has 0 unspecified atom stereocenters. The van der Waals surface area contributed by atoms with E-state index in [1.165, 1.54) is 13.2 Å². The summed E-state index contributed by atoms with van der Waals surface area (Å²) >= 11 is 0. The molecule has 4 nitrogen and oxygen atoms in total. The lowest BCUT2D eigenvalue weighted by molar-refractivity contribution is 0.0696. The molecule has 0 saturated carbocycles. The molecule has 2 rings (SSSR count). The van der Waals surface area contributed by atoms with E-state index in [1.807, 2.05) is 29.1 Å². The molecular formula is C12H11NO3. The molecule has 0 aliphatic rings. The summed E-state index contributed by atoms with van der Waals surface area (Å²) in [6, 6.07) is 8.58. The maximum absolute atomic E-state index is 10.8. The van der Waals surface area contributed by atoms with Crippen molar-refractivity contribution in [3.63, 3.8) is 0 Å². The van der Waals surface area contributed by atoms with Crippen LogP contribution in [0.3, 0.4) is 0 Å². The molecule has 4 heteroatoms. The van der Waals surface area contributed by atoms with Crippen molar-refractivity contribution < 1.29 is 14.6 Å². The molecule has 0 fully saturated rings. The van der Waals surface area contributed by atoms with Gasteiger partial charge in [0.25, 0.3) is 0 Å². The Balaban J connectivity index is 2.51. The third kappa shape index (κ3) is 1.77. The van der Waals surface area contributed by atoms with Crippen LogP contribution in [0.2, 0.25) is 0 Å². The fraction of sp³-hybridized carbons (Fsp3) is 0.0833. The van der Waals surface area contributed by atoms with E-state index in [0.29, 0.717) is 5.75 Å². The van der Waals surface area contributed by atoms with Crippen LogP contribution >= 0.6 is 0 Å². The summed E-state index contributed by atoms with van der Waals surface area (Å²) in [7, 11) is 1.52. The second kappa shape index (κ2) is 4.10. The molecule has 0 atom stereocenters. The van der Waals surface area contributed by atoms with Crippen molar-refractivity contribution in [3.05, 3.63) is 48.3 Å². The molecule has 0 bridgehead atoms. The first-order chi connectivity index (χ1) is 7.72. The van der Waals surface area contributed by atoms with E-state index >= 15 is 0 Å². The number of carboxylic acids is 1. The van der Waals surface area contributed by atoms with Gasteiger partial charge in [0.2, 0.25) is 0 Å². The van der Waals surface area contributed by atoms with Gasteiger partial charge < -0.3 is 14.4 Å². The number of hydrogen-bond acceptors (Lipinski definition) is 2. The number of ether oxygens (including phenoxy) is 1. The highest BCUT2D eigenvalue weighted by atomic mass is 16.5. The average Bonchev–Trinajstić information content (AvgIpc) is 2.81. The SMILES string of the molecule is COc1cc(C(=O)O)ccc1-n1cccc1. The molecule has 1 heterocycles. The van der Waals surface area contributed by atoms with E-state index in [-0.39, 0.29) is 5.56 Å². The summed E-state index contributed by atoms with van der Waals surface area (Å²) in [5.41, 5.74) is 1.03. The van der Waals surface area contributed by atoms with Crippen LogP contribution in [0.15, 0.2) is 42.7 Å². The van der Waals surface area contributed by atoms with E-state index in [2.05, 4.69) is 0 Å². The van der Waals surface area contributed by atoms with Gasteiger partial charge in [0.1, 0.15) is 5.75 Å². The minimum atomic E-state index is -0.961. The van der Waals surface area contributed by atoms with E-state index in [9.17, 15) is 4.79 Å². The molecule has 0 radical (unpaired) electrons. The van der Waals surface area contributed by atoms with Crippen molar-refractivity contribution in [3.8, 4) is 11.4 Å². The van der Waals surface area contributed by atoms with Crippen molar-refractivity contribution in [2.24, 2.45) is 0 Å². The maximum atomic E-state index is 10.8. The zero-order valence-corrected chi connectivity index (χ0v) is 8.75. The smallest absolute Gasteiger partial charge is 0.335 e. The lowest BCUT2D eigenvalue weighted by Crippen LogP contribution is -2.00. The maximum Gasteiger partial charge on any atom is 0.335 e. The van der Waals surface area contributed by atoms with Gasteiger partial charge in [-0.05, 0) is 30.3 Å². The van der Waals surface area contributed by atoms with E-state index in [1.54, 1.807) is 12.1 Å². The molecular weight excluding hydrogens is 206 g/mol. The highest BCUT2D eigenvalue weighted by molar-refractivity contribution is 5.88. The zero-order valence-electron chi connectivity index (χ0n) is 8.75. The van der Waals surface area contributed by atoms with Gasteiger partial charge in [-0.3, -0.25) is 0 Å². The van der Waals surface area contributed by atoms with Gasteiger partial charge in [-0.2, -0.15) is 0 Å². The predicted octanol–water partition coefficient (Wildman–Crippen LogP) is 2.18. The number of carboxylic acid groups (broad SMARTS) is 1. The van der Waals surface area contributed by atoms with E-state index in [0.717, 1.165) is 5.69 Å². The summed E-state index contributed by atoms with van der Waals surface area (Å²) in [4.78, 5) is 10.8. The fourth-order valence-corrected chi connectivity index (χ4v) is 1.52. The first kappa shape index (κ1) is 10.3. The molecule has 0 aliphatic carbocycles. The van der Waals surface area contributed by atoms with Crippen molar-refractivity contribution >= 4 is 5.97 Å². The van der Waals surface area contributed by atoms with Crippen LogP contribution in [0, 0.1) is 0 Å².